The minimum absolute atomic E-state index is 0.0990. The minimum atomic E-state index is -1.53. The molecule has 0 aromatic heterocycles. The zero-order valence-electron chi connectivity index (χ0n) is 26.0. The van der Waals surface area contributed by atoms with Crippen LogP contribution in [-0.2, 0) is 25.3 Å². The number of nitro groups is 1. The molecule has 9 heteroatoms. The Morgan fingerprint density at radius 3 is 2.07 bits per heavy atom. The van der Waals surface area contributed by atoms with Crippen molar-refractivity contribution in [2.75, 3.05) is 27.2 Å². The summed E-state index contributed by atoms with van der Waals surface area (Å²) < 4.78 is 5.41. The largest absolute Gasteiger partial charge is 0.467 e. The molecule has 9 nitrogen and oxygen atoms in total. The highest BCUT2D eigenvalue weighted by atomic mass is 16.6. The van der Waals surface area contributed by atoms with Crippen LogP contribution in [-0.4, -0.2) is 59.9 Å². The molecule has 0 aliphatic carbocycles. The van der Waals surface area contributed by atoms with Gasteiger partial charge in [-0.1, -0.05) is 66.7 Å². The first kappa shape index (κ1) is 31.7. The first-order chi connectivity index (χ1) is 21.7. The fourth-order valence-electron chi connectivity index (χ4n) is 6.98. The number of methoxy groups -OCH3 is 1. The highest BCUT2D eigenvalue weighted by Gasteiger charge is 2.50. The Balaban J connectivity index is 1.49. The number of piperidine rings is 1. The summed E-state index contributed by atoms with van der Waals surface area (Å²) in [5, 5.41) is 14.4. The number of carbonyl (C=O) groups is 2. The van der Waals surface area contributed by atoms with Crippen LogP contribution in [0, 0.1) is 10.1 Å². The van der Waals surface area contributed by atoms with Crippen LogP contribution in [0.15, 0.2) is 109 Å². The van der Waals surface area contributed by atoms with Gasteiger partial charge in [0.25, 0.3) is 11.6 Å². The van der Waals surface area contributed by atoms with Gasteiger partial charge in [0.05, 0.1) is 12.0 Å². The SMILES string of the molecule is COC(=O)C(CC(C)N1CCC(c2ccccc2)(c2ccccc2)CC1)(c1ccc([N+](=O)[O-])cc1)N(C)C(=O)C1=CNC=CC1. The van der Waals surface area contributed by atoms with Gasteiger partial charge in [-0.05, 0) is 74.3 Å². The van der Waals surface area contributed by atoms with Crippen molar-refractivity contribution in [3.8, 4) is 0 Å². The molecule has 45 heavy (non-hydrogen) atoms. The number of allylic oxidation sites excluding steroid dienone is 1. The maximum Gasteiger partial charge on any atom is 0.336 e. The molecule has 2 aliphatic heterocycles. The van der Waals surface area contributed by atoms with Crippen LogP contribution in [0.5, 0.6) is 0 Å². The third-order valence-corrected chi connectivity index (χ3v) is 9.56. The third kappa shape index (κ3) is 6.13. The first-order valence-corrected chi connectivity index (χ1v) is 15.3. The van der Waals surface area contributed by atoms with Crippen molar-refractivity contribution >= 4 is 17.6 Å². The second kappa shape index (κ2) is 13.5. The summed E-state index contributed by atoms with van der Waals surface area (Å²) in [6.45, 7) is 3.63. The summed E-state index contributed by atoms with van der Waals surface area (Å²) in [6, 6.07) is 27.0. The summed E-state index contributed by atoms with van der Waals surface area (Å²) >= 11 is 0. The van der Waals surface area contributed by atoms with Crippen LogP contribution < -0.4 is 5.32 Å². The summed E-state index contributed by atoms with van der Waals surface area (Å²) in [4.78, 5) is 42.7. The number of nitrogens with zero attached hydrogens (tertiary/aromatic N) is 3. The number of nitrogens with one attached hydrogen (secondary N) is 1. The number of esters is 1. The van der Waals surface area contributed by atoms with Crippen LogP contribution in [0.4, 0.5) is 5.69 Å². The van der Waals surface area contributed by atoms with Gasteiger partial charge in [-0.15, -0.1) is 0 Å². The van der Waals surface area contributed by atoms with Crippen molar-refractivity contribution in [1.29, 1.82) is 0 Å². The van der Waals surface area contributed by atoms with Crippen LogP contribution >= 0.6 is 0 Å². The Hall–Kier alpha value is -4.76. The predicted octanol–water partition coefficient (Wildman–Crippen LogP) is 5.67. The lowest BCUT2D eigenvalue weighted by molar-refractivity contribution is -0.384. The predicted molar refractivity (Wildman–Crippen MR) is 173 cm³/mol. The Kier molecular flexibility index (Phi) is 9.48. The van der Waals surface area contributed by atoms with Crippen molar-refractivity contribution in [1.82, 2.24) is 15.1 Å². The molecule has 0 bridgehead atoms. The molecule has 1 N–H and O–H groups in total. The van der Waals surface area contributed by atoms with Crippen LogP contribution in [0.25, 0.3) is 0 Å². The monoisotopic (exact) mass is 608 g/mol. The van der Waals surface area contributed by atoms with E-state index in [0.717, 1.165) is 25.9 Å². The second-order valence-electron chi connectivity index (χ2n) is 11.9. The number of amides is 1. The number of likely N-dealkylation sites (tertiary alicyclic amines) is 1. The molecular weight excluding hydrogens is 568 g/mol. The van der Waals surface area contributed by atoms with E-state index in [-0.39, 0.29) is 29.5 Å². The van der Waals surface area contributed by atoms with Crippen molar-refractivity contribution in [3.63, 3.8) is 0 Å². The smallest absolute Gasteiger partial charge is 0.336 e. The van der Waals surface area contributed by atoms with E-state index in [4.69, 9.17) is 4.74 Å². The average Bonchev–Trinajstić information content (AvgIpc) is 3.10. The van der Waals surface area contributed by atoms with Gasteiger partial charge >= 0.3 is 5.97 Å². The zero-order chi connectivity index (χ0) is 32.0. The van der Waals surface area contributed by atoms with Crippen LogP contribution in [0.2, 0.25) is 0 Å². The highest BCUT2D eigenvalue weighted by Crippen LogP contribution is 2.44. The van der Waals surface area contributed by atoms with E-state index >= 15 is 0 Å². The van der Waals surface area contributed by atoms with Crippen molar-refractivity contribution in [2.24, 2.45) is 0 Å². The lowest BCUT2D eigenvalue weighted by Crippen LogP contribution is -2.57. The van der Waals surface area contributed by atoms with E-state index < -0.39 is 16.4 Å². The van der Waals surface area contributed by atoms with Gasteiger partial charge in [0.1, 0.15) is 0 Å². The number of carbonyl (C=O) groups excluding carboxylic acids is 2. The molecule has 0 saturated carbocycles. The lowest BCUT2D eigenvalue weighted by atomic mass is 9.67. The number of benzene rings is 3. The van der Waals surface area contributed by atoms with Gasteiger partial charge in [-0.2, -0.15) is 0 Å². The molecule has 3 aromatic rings. The molecule has 0 spiro atoms. The molecule has 1 amide bonds. The highest BCUT2D eigenvalue weighted by molar-refractivity contribution is 5.98. The summed E-state index contributed by atoms with van der Waals surface area (Å²) in [5.74, 6) is -0.924. The molecule has 2 atom stereocenters. The molecule has 2 unspecified atom stereocenters. The number of non-ortho nitro benzene ring substituents is 1. The normalized spacial score (nSPS) is 18.1. The first-order valence-electron chi connectivity index (χ1n) is 15.3. The zero-order valence-corrected chi connectivity index (χ0v) is 26.0. The maximum atomic E-state index is 14.0. The number of hydrogen-bond acceptors (Lipinski definition) is 7. The maximum absolute atomic E-state index is 14.0. The van der Waals surface area contributed by atoms with E-state index in [2.05, 4.69) is 65.7 Å². The van der Waals surface area contributed by atoms with E-state index in [1.165, 1.54) is 35.3 Å². The number of rotatable bonds is 10. The summed E-state index contributed by atoms with van der Waals surface area (Å²) in [7, 11) is 2.92. The molecule has 3 aromatic carbocycles. The number of ether oxygens (including phenoxy) is 1. The van der Waals surface area contributed by atoms with E-state index in [9.17, 15) is 19.7 Å². The Morgan fingerprint density at radius 1 is 1.00 bits per heavy atom. The fraction of sp³-hybridized carbons (Fsp3) is 0.333. The molecule has 234 valence electrons. The van der Waals surface area contributed by atoms with Gasteiger partial charge in [0.15, 0.2) is 5.54 Å². The Morgan fingerprint density at radius 2 is 1.58 bits per heavy atom. The van der Waals surface area contributed by atoms with Gasteiger partial charge in [-0.25, -0.2) is 4.79 Å². The molecule has 2 heterocycles. The van der Waals surface area contributed by atoms with E-state index in [1.807, 2.05) is 18.2 Å². The number of dihydropyridines is 1. The second-order valence-corrected chi connectivity index (χ2v) is 11.9. The molecule has 5 rings (SSSR count). The van der Waals surface area contributed by atoms with Crippen molar-refractivity contribution < 1.29 is 19.2 Å². The van der Waals surface area contributed by atoms with E-state index in [0.29, 0.717) is 17.6 Å². The third-order valence-electron chi connectivity index (χ3n) is 9.56. The quantitative estimate of drug-likeness (QED) is 0.180. The standard InChI is InChI=1S/C36H40N4O5/c1-27(39-23-20-35(21-24-39,29-12-6-4-7-13-29)30-14-8-5-9-15-30)25-36(34(42)45-3,31-16-18-32(19-17-31)40(43)44)38(2)33(41)28-11-10-22-37-26-28/h4-10,12-19,22,26-27,37H,11,20-21,23-25H2,1-3H3. The minimum Gasteiger partial charge on any atom is -0.467 e. The average molecular weight is 609 g/mol. The van der Waals surface area contributed by atoms with Crippen molar-refractivity contribution in [2.45, 2.75) is 49.6 Å². The molecular formula is C36H40N4O5. The number of hydrogen-bond donors (Lipinski definition) is 1. The Bertz CT molecular complexity index is 1520. The van der Waals surface area contributed by atoms with Crippen molar-refractivity contribution in [3.05, 3.63) is 136 Å². The fourth-order valence-corrected chi connectivity index (χ4v) is 6.98. The number of nitro benzene ring substituents is 1. The Labute approximate surface area is 264 Å². The van der Waals surface area contributed by atoms with Crippen LogP contribution in [0.3, 0.4) is 0 Å². The van der Waals surface area contributed by atoms with E-state index in [1.54, 1.807) is 31.6 Å². The number of likely N-dealkylation sites (N-methyl/N-ethyl adjacent to an activating group) is 1. The lowest BCUT2D eigenvalue weighted by Gasteiger charge is -2.47. The van der Waals surface area contributed by atoms with Gasteiger partial charge in [0, 0.05) is 48.8 Å². The van der Waals surface area contributed by atoms with Gasteiger partial charge in [-0.3, -0.25) is 14.9 Å². The van der Waals surface area contributed by atoms with Gasteiger partial charge in [0.2, 0.25) is 0 Å². The molecule has 0 radical (unpaired) electrons. The van der Waals surface area contributed by atoms with Crippen LogP contribution in [0.1, 0.15) is 49.3 Å². The molecule has 1 saturated heterocycles. The van der Waals surface area contributed by atoms with Gasteiger partial charge < -0.3 is 19.9 Å². The molecule has 1 fully saturated rings. The summed E-state index contributed by atoms with van der Waals surface area (Å²) in [5.41, 5.74) is 1.75. The summed E-state index contributed by atoms with van der Waals surface area (Å²) in [6.07, 6.45) is 7.65. The topological polar surface area (TPSA) is 105 Å². The molecule has 2 aliphatic rings.